The molecule has 1 aliphatic rings. The van der Waals surface area contributed by atoms with Crippen LogP contribution in [0.15, 0.2) is 54.6 Å². The molecular weight excluding hydrogens is 590 g/mol. The summed E-state index contributed by atoms with van der Waals surface area (Å²) in [7, 11) is 0. The topological polar surface area (TPSA) is 116 Å². The van der Waals surface area contributed by atoms with Gasteiger partial charge in [-0.15, -0.1) is 0 Å². The molecule has 1 aliphatic heterocycles. The third-order valence-corrected chi connectivity index (χ3v) is 11.3. The summed E-state index contributed by atoms with van der Waals surface area (Å²) in [4.78, 5) is 55.0. The normalized spacial score (nSPS) is 17.4. The zero-order valence-corrected chi connectivity index (χ0v) is 29.6. The molecule has 0 aliphatic carbocycles. The molecule has 3 rings (SSSR count). The van der Waals surface area contributed by atoms with Gasteiger partial charge < -0.3 is 20.6 Å². The number of benzene rings is 2. The quantitative estimate of drug-likeness (QED) is 0.144. The number of likely N-dealkylation sites (tertiary alicyclic amines) is 1. The average Bonchev–Trinajstić information content (AvgIpc) is 3.51. The van der Waals surface area contributed by atoms with Crippen LogP contribution in [-0.4, -0.2) is 58.7 Å². The number of aliphatic carboxylic acids is 1. The van der Waals surface area contributed by atoms with Gasteiger partial charge >= 0.3 is 5.97 Å². The van der Waals surface area contributed by atoms with Crippen LogP contribution in [0.25, 0.3) is 0 Å². The molecule has 0 radical (unpaired) electrons. The van der Waals surface area contributed by atoms with Crippen molar-refractivity contribution in [1.29, 1.82) is 0 Å². The van der Waals surface area contributed by atoms with Crippen molar-refractivity contribution in [3.63, 3.8) is 0 Å². The predicted octanol–water partition coefficient (Wildman–Crippen LogP) is 6.86. The van der Waals surface area contributed by atoms with E-state index in [1.807, 2.05) is 51.1 Å². The van der Waals surface area contributed by atoms with Crippen molar-refractivity contribution < 1.29 is 24.3 Å². The molecule has 1 heterocycles. The molecule has 2 amide bonds. The maximum atomic E-state index is 13.9. The standard InChI is InChI=1S/C39H57N3O5/c1-8-30(25-31(38(6,9-2)10-3)42-24-16-19-32(42)43)39(7,11-4)33(37(46)47)34(40-12-5)36(45)41-26-27-20-22-29(23-21-27)35(44)28-17-14-13-15-18-28/h13-15,17-18,20-23,30-31,33-34,40H,8-12,16,19,24-26H2,1-7H3,(H,41,45)(H,46,47). The molecule has 2 aromatic carbocycles. The van der Waals surface area contributed by atoms with E-state index < -0.39 is 23.3 Å². The van der Waals surface area contributed by atoms with Crippen LogP contribution in [-0.2, 0) is 20.9 Å². The van der Waals surface area contributed by atoms with Crippen LogP contribution in [0.4, 0.5) is 0 Å². The molecule has 0 aromatic heterocycles. The van der Waals surface area contributed by atoms with Gasteiger partial charge in [-0.05, 0) is 61.0 Å². The molecule has 47 heavy (non-hydrogen) atoms. The van der Waals surface area contributed by atoms with Crippen molar-refractivity contribution in [2.24, 2.45) is 22.7 Å². The van der Waals surface area contributed by atoms with Crippen LogP contribution in [0.2, 0.25) is 0 Å². The molecule has 0 saturated carbocycles. The van der Waals surface area contributed by atoms with Crippen molar-refractivity contribution in [2.45, 2.75) is 112 Å². The van der Waals surface area contributed by atoms with E-state index in [0.29, 0.717) is 36.9 Å². The number of amides is 2. The lowest BCUT2D eigenvalue weighted by Gasteiger charge is -2.49. The second-order valence-corrected chi connectivity index (χ2v) is 13.7. The van der Waals surface area contributed by atoms with Crippen LogP contribution in [0.3, 0.4) is 0 Å². The lowest BCUT2D eigenvalue weighted by Crippen LogP contribution is -2.58. The van der Waals surface area contributed by atoms with Crippen LogP contribution in [0, 0.1) is 22.7 Å². The molecule has 0 spiro atoms. The summed E-state index contributed by atoms with van der Waals surface area (Å²) < 4.78 is 0. The zero-order valence-electron chi connectivity index (χ0n) is 29.6. The van der Waals surface area contributed by atoms with Gasteiger partial charge in [0.15, 0.2) is 5.78 Å². The molecule has 0 bridgehead atoms. The van der Waals surface area contributed by atoms with Crippen molar-refractivity contribution >= 4 is 23.6 Å². The number of hydrogen-bond donors (Lipinski definition) is 3. The minimum atomic E-state index is -1.000. The van der Waals surface area contributed by atoms with Crippen molar-refractivity contribution in [2.75, 3.05) is 13.1 Å². The highest BCUT2D eigenvalue weighted by Gasteiger charge is 2.51. The van der Waals surface area contributed by atoms with E-state index in [2.05, 4.69) is 43.2 Å². The maximum Gasteiger partial charge on any atom is 0.309 e. The van der Waals surface area contributed by atoms with E-state index in [9.17, 15) is 24.3 Å². The summed E-state index contributed by atoms with van der Waals surface area (Å²) in [6, 6.07) is 15.3. The largest absolute Gasteiger partial charge is 0.481 e. The Balaban J connectivity index is 1.86. The smallest absolute Gasteiger partial charge is 0.309 e. The molecule has 3 N–H and O–H groups in total. The fourth-order valence-electron chi connectivity index (χ4n) is 7.66. The number of nitrogens with one attached hydrogen (secondary N) is 2. The highest BCUT2D eigenvalue weighted by molar-refractivity contribution is 6.08. The summed E-state index contributed by atoms with van der Waals surface area (Å²) in [5.41, 5.74) is 1.15. The van der Waals surface area contributed by atoms with E-state index in [1.165, 1.54) is 0 Å². The van der Waals surface area contributed by atoms with Gasteiger partial charge in [0.2, 0.25) is 11.8 Å². The first-order valence-corrected chi connectivity index (χ1v) is 17.6. The van der Waals surface area contributed by atoms with E-state index >= 15 is 0 Å². The van der Waals surface area contributed by atoms with Gasteiger partial charge in [-0.3, -0.25) is 19.2 Å². The monoisotopic (exact) mass is 647 g/mol. The summed E-state index contributed by atoms with van der Waals surface area (Å²) >= 11 is 0. The number of carbonyl (C=O) groups excluding carboxylic acids is 3. The Morgan fingerprint density at radius 2 is 1.51 bits per heavy atom. The Morgan fingerprint density at radius 3 is 2.00 bits per heavy atom. The Kier molecular flexibility index (Phi) is 13.8. The molecule has 258 valence electrons. The zero-order chi connectivity index (χ0) is 34.8. The number of likely N-dealkylation sites (N-methyl/N-ethyl adjacent to an activating group) is 1. The Labute approximate surface area is 282 Å². The van der Waals surface area contributed by atoms with E-state index in [0.717, 1.165) is 37.8 Å². The summed E-state index contributed by atoms with van der Waals surface area (Å²) in [6.07, 6.45) is 5.27. The molecule has 1 fully saturated rings. The van der Waals surface area contributed by atoms with Gasteiger partial charge in [-0.25, -0.2) is 0 Å². The number of carboxylic acid groups (broad SMARTS) is 1. The first-order valence-electron chi connectivity index (χ1n) is 17.6. The van der Waals surface area contributed by atoms with Crippen molar-refractivity contribution in [3.8, 4) is 0 Å². The van der Waals surface area contributed by atoms with Gasteiger partial charge in [0.05, 0.1) is 5.92 Å². The fraction of sp³-hybridized carbons (Fsp3) is 0.590. The Hall–Kier alpha value is -3.52. The number of rotatable bonds is 19. The van der Waals surface area contributed by atoms with Crippen molar-refractivity contribution in [1.82, 2.24) is 15.5 Å². The lowest BCUT2D eigenvalue weighted by atomic mass is 9.59. The van der Waals surface area contributed by atoms with Gasteiger partial charge in [-0.1, -0.05) is 109 Å². The molecule has 2 aromatic rings. The van der Waals surface area contributed by atoms with Gasteiger partial charge in [0, 0.05) is 36.7 Å². The molecule has 1 saturated heterocycles. The van der Waals surface area contributed by atoms with Crippen molar-refractivity contribution in [3.05, 3.63) is 71.3 Å². The second-order valence-electron chi connectivity index (χ2n) is 13.7. The van der Waals surface area contributed by atoms with Gasteiger partial charge in [0.1, 0.15) is 6.04 Å². The first kappa shape index (κ1) is 37.9. The number of ketones is 1. The SMILES string of the molecule is CCNC(C(=O)NCc1ccc(C(=O)c2ccccc2)cc1)C(C(=O)O)C(C)(CC)C(CC)CC(N1CCCC1=O)C(C)(CC)CC. The fourth-order valence-corrected chi connectivity index (χ4v) is 7.66. The average molecular weight is 648 g/mol. The van der Waals surface area contributed by atoms with E-state index in [-0.39, 0.29) is 41.5 Å². The number of hydrogen-bond acceptors (Lipinski definition) is 5. The second kappa shape index (κ2) is 17.0. The lowest BCUT2D eigenvalue weighted by molar-refractivity contribution is -0.155. The van der Waals surface area contributed by atoms with Crippen LogP contribution >= 0.6 is 0 Å². The summed E-state index contributed by atoms with van der Waals surface area (Å²) in [5.74, 6) is -2.28. The minimum absolute atomic E-state index is 0.000856. The third-order valence-electron chi connectivity index (χ3n) is 11.3. The molecule has 5 unspecified atom stereocenters. The summed E-state index contributed by atoms with van der Waals surface area (Å²) in [6.45, 7) is 16.0. The minimum Gasteiger partial charge on any atom is -0.481 e. The first-order chi connectivity index (χ1) is 22.4. The highest BCUT2D eigenvalue weighted by atomic mass is 16.4. The number of carboxylic acids is 1. The summed E-state index contributed by atoms with van der Waals surface area (Å²) in [5, 5.41) is 17.0. The van der Waals surface area contributed by atoms with Gasteiger partial charge in [0.25, 0.3) is 0 Å². The Morgan fingerprint density at radius 1 is 0.894 bits per heavy atom. The van der Waals surface area contributed by atoms with E-state index in [4.69, 9.17) is 0 Å². The maximum absolute atomic E-state index is 13.9. The molecule has 8 nitrogen and oxygen atoms in total. The number of carbonyl (C=O) groups is 4. The molecule has 8 heteroatoms. The Bertz CT molecular complexity index is 1340. The van der Waals surface area contributed by atoms with Crippen LogP contribution < -0.4 is 10.6 Å². The van der Waals surface area contributed by atoms with E-state index in [1.54, 1.807) is 24.3 Å². The third kappa shape index (κ3) is 8.69. The molecule has 5 atom stereocenters. The van der Waals surface area contributed by atoms with Crippen LogP contribution in [0.1, 0.15) is 115 Å². The van der Waals surface area contributed by atoms with Gasteiger partial charge in [-0.2, -0.15) is 0 Å². The highest BCUT2D eigenvalue weighted by Crippen LogP contribution is 2.48. The number of nitrogens with zero attached hydrogens (tertiary/aromatic N) is 1. The molecular formula is C39H57N3O5. The predicted molar refractivity (Wildman–Crippen MR) is 187 cm³/mol. The van der Waals surface area contributed by atoms with Crippen LogP contribution in [0.5, 0.6) is 0 Å².